The molecule has 8 nitrogen and oxygen atoms in total. The maximum absolute atomic E-state index is 15.0. The first-order chi connectivity index (χ1) is 23.8. The van der Waals surface area contributed by atoms with Gasteiger partial charge in [-0.25, -0.2) is 39.6 Å². The van der Waals surface area contributed by atoms with Crippen LogP contribution in [-0.4, -0.2) is 36.3 Å². The lowest BCUT2D eigenvalue weighted by molar-refractivity contribution is -0.119. The Bertz CT molecular complexity index is 2120. The Morgan fingerprint density at radius 2 is 1.45 bits per heavy atom. The maximum atomic E-state index is 15.0. The van der Waals surface area contributed by atoms with Crippen molar-refractivity contribution in [3.05, 3.63) is 123 Å². The molecule has 0 spiro atoms. The number of anilines is 2. The van der Waals surface area contributed by atoms with E-state index < -0.39 is 74.8 Å². The number of carboxylic acids is 1. The predicted molar refractivity (Wildman–Crippen MR) is 176 cm³/mol. The minimum atomic E-state index is -5.76. The second-order valence-electron chi connectivity index (χ2n) is 13.3. The summed E-state index contributed by atoms with van der Waals surface area (Å²) in [4.78, 5) is 24.8. The lowest BCUT2D eigenvalue weighted by atomic mass is 9.84. The van der Waals surface area contributed by atoms with Gasteiger partial charge in [0.1, 0.15) is 5.82 Å². The van der Waals surface area contributed by atoms with E-state index in [1.807, 2.05) is 32.9 Å². The molecule has 4 aromatic rings. The summed E-state index contributed by atoms with van der Waals surface area (Å²) in [5.74, 6) is -16.2. The van der Waals surface area contributed by atoms with Crippen molar-refractivity contribution >= 4 is 33.3 Å². The van der Waals surface area contributed by atoms with Gasteiger partial charge in [0.25, 0.3) is 0 Å². The molecule has 5 rings (SSSR count). The van der Waals surface area contributed by atoms with Crippen molar-refractivity contribution in [1.82, 2.24) is 4.31 Å². The second kappa shape index (κ2) is 14.0. The van der Waals surface area contributed by atoms with Gasteiger partial charge in [0.05, 0.1) is 18.7 Å². The molecule has 0 aromatic heterocycles. The molecule has 1 aliphatic carbocycles. The van der Waals surface area contributed by atoms with E-state index >= 15 is 0 Å². The molecule has 0 atom stereocenters. The Morgan fingerprint density at radius 1 is 0.843 bits per heavy atom. The van der Waals surface area contributed by atoms with Gasteiger partial charge in [-0.15, -0.1) is 0 Å². The zero-order chi connectivity index (χ0) is 37.6. The van der Waals surface area contributed by atoms with Crippen LogP contribution in [0.25, 0.3) is 0 Å². The topological polar surface area (TPSA) is 121 Å². The molecule has 1 saturated carbocycles. The number of halogens is 6. The highest BCUT2D eigenvalue weighted by molar-refractivity contribution is 7.89. The van der Waals surface area contributed by atoms with Crippen LogP contribution in [0.3, 0.4) is 0 Å². The highest BCUT2D eigenvalue weighted by Gasteiger charge is 2.39. The minimum Gasteiger partial charge on any atom is -0.478 e. The van der Waals surface area contributed by atoms with Crippen LogP contribution >= 0.6 is 0 Å². The molecule has 1 aliphatic rings. The molecule has 1 fully saturated rings. The first kappa shape index (κ1) is 37.4. The monoisotopic (exact) mass is 733 g/mol. The van der Waals surface area contributed by atoms with E-state index in [2.05, 4.69) is 6.07 Å². The number of nitrogens with two attached hydrogens (primary N) is 1. The van der Waals surface area contributed by atoms with E-state index in [4.69, 9.17) is 5.73 Å². The lowest BCUT2D eigenvalue weighted by Crippen LogP contribution is -2.43. The number of hydrogen-bond acceptors (Lipinski definition) is 5. The van der Waals surface area contributed by atoms with E-state index in [1.165, 1.54) is 18.2 Å². The Morgan fingerprint density at radius 3 is 2.00 bits per heavy atom. The third-order valence-electron chi connectivity index (χ3n) is 8.53. The molecule has 270 valence electrons. The van der Waals surface area contributed by atoms with Gasteiger partial charge in [0, 0.05) is 23.5 Å². The molecular weight excluding hydrogens is 700 g/mol. The Labute approximate surface area is 290 Å². The second-order valence-corrected chi connectivity index (χ2v) is 15.2. The van der Waals surface area contributed by atoms with Gasteiger partial charge >= 0.3 is 5.97 Å². The Hall–Kier alpha value is -4.89. The number of carbonyl (C=O) groups is 2. The summed E-state index contributed by atoms with van der Waals surface area (Å²) >= 11 is 0. The summed E-state index contributed by atoms with van der Waals surface area (Å²) in [6.07, 6.45) is 1.90. The van der Waals surface area contributed by atoms with Crippen molar-refractivity contribution < 1.29 is 49.5 Å². The summed E-state index contributed by atoms with van der Waals surface area (Å²) in [5, 5.41) is 9.51. The first-order valence-electron chi connectivity index (χ1n) is 15.6. The fraction of sp³-hybridized carbons (Fsp3) is 0.278. The van der Waals surface area contributed by atoms with Gasteiger partial charge in [-0.05, 0) is 65.1 Å². The molecule has 3 N–H and O–H groups in total. The molecule has 15 heteroatoms. The SMILES string of the molecule is CC(C)(C)c1cc(CN(C(=O)CN(Cc2ccccc2F)S(=O)(=O)c2c(F)c(F)c(F)c(F)c2F)c2ccc(C(=O)O)c(N)c2)cc(C2CC2)c1. The molecule has 0 heterocycles. The fourth-order valence-electron chi connectivity index (χ4n) is 5.53. The smallest absolute Gasteiger partial charge is 0.337 e. The largest absolute Gasteiger partial charge is 0.478 e. The third-order valence-corrected chi connectivity index (χ3v) is 10.3. The number of carboxylic acid groups (broad SMARTS) is 1. The average Bonchev–Trinajstić information content (AvgIpc) is 3.91. The Balaban J connectivity index is 1.64. The van der Waals surface area contributed by atoms with Crippen LogP contribution in [0.2, 0.25) is 0 Å². The van der Waals surface area contributed by atoms with Crippen molar-refractivity contribution in [3.8, 4) is 0 Å². The predicted octanol–water partition coefficient (Wildman–Crippen LogP) is 7.40. The third kappa shape index (κ3) is 7.73. The van der Waals surface area contributed by atoms with Gasteiger partial charge in [0.2, 0.25) is 21.7 Å². The number of sulfonamides is 1. The molecule has 1 amide bonds. The normalized spacial score (nSPS) is 13.5. The van der Waals surface area contributed by atoms with Crippen molar-refractivity contribution in [1.29, 1.82) is 0 Å². The van der Waals surface area contributed by atoms with Crippen molar-refractivity contribution in [2.45, 2.75) is 62.9 Å². The molecule has 51 heavy (non-hydrogen) atoms. The zero-order valence-electron chi connectivity index (χ0n) is 27.6. The summed E-state index contributed by atoms with van der Waals surface area (Å²) in [5.41, 5.74) is 7.23. The molecule has 0 bridgehead atoms. The van der Waals surface area contributed by atoms with E-state index in [9.17, 15) is 49.5 Å². The number of rotatable bonds is 11. The van der Waals surface area contributed by atoms with Crippen LogP contribution in [0.15, 0.2) is 65.6 Å². The average molecular weight is 734 g/mol. The van der Waals surface area contributed by atoms with Crippen molar-refractivity contribution in [2.75, 3.05) is 17.2 Å². The molecule has 0 unspecified atom stereocenters. The summed E-state index contributed by atoms with van der Waals surface area (Å²) in [6, 6.07) is 13.9. The fourth-order valence-corrected chi connectivity index (χ4v) is 7.01. The van der Waals surface area contributed by atoms with E-state index in [-0.39, 0.29) is 44.7 Å². The van der Waals surface area contributed by atoms with E-state index in [0.717, 1.165) is 53.1 Å². The van der Waals surface area contributed by atoms with Crippen LogP contribution in [0.1, 0.15) is 72.1 Å². The van der Waals surface area contributed by atoms with Crippen molar-refractivity contribution in [3.63, 3.8) is 0 Å². The summed E-state index contributed by atoms with van der Waals surface area (Å²) in [7, 11) is -5.76. The quantitative estimate of drug-likeness (QED) is 0.0718. The van der Waals surface area contributed by atoms with Crippen LogP contribution in [0, 0.1) is 34.9 Å². The number of amides is 1. The van der Waals surface area contributed by atoms with Gasteiger partial charge in [-0.3, -0.25) is 4.79 Å². The van der Waals surface area contributed by atoms with E-state index in [0.29, 0.717) is 5.56 Å². The lowest BCUT2D eigenvalue weighted by Gasteiger charge is -2.29. The standard InChI is InChI=1S/C36H33F6N3O5S/c1-36(2,3)23-13-19(12-22(14-23)20-8-9-20)16-45(24-10-11-25(35(47)48)27(43)15-24)28(46)18-44(17-21-6-4-5-7-26(21)37)51(49,50)34-32(41)30(39)29(38)31(40)33(34)42/h4-7,10-15,20H,8-9,16-18,43H2,1-3H3,(H,47,48). The molecule has 0 saturated heterocycles. The first-order valence-corrected chi connectivity index (χ1v) is 17.1. The minimum absolute atomic E-state index is 0.00361. The Kier molecular flexibility index (Phi) is 10.3. The molecule has 0 radical (unpaired) electrons. The summed E-state index contributed by atoms with van der Waals surface area (Å²) in [6.45, 7) is 3.38. The molecular formula is C36H33F6N3O5S. The van der Waals surface area contributed by atoms with Crippen LogP contribution in [-0.2, 0) is 33.3 Å². The van der Waals surface area contributed by atoms with Crippen LogP contribution in [0.4, 0.5) is 37.7 Å². The number of carbonyl (C=O) groups excluding carboxylic acids is 1. The summed E-state index contributed by atoms with van der Waals surface area (Å²) < 4.78 is 115. The number of nitrogens with zero attached hydrogens (tertiary/aromatic N) is 2. The van der Waals surface area contributed by atoms with Crippen molar-refractivity contribution in [2.24, 2.45) is 0 Å². The molecule has 0 aliphatic heterocycles. The van der Waals surface area contributed by atoms with Crippen LogP contribution in [0.5, 0.6) is 0 Å². The van der Waals surface area contributed by atoms with Gasteiger partial charge in [0.15, 0.2) is 28.2 Å². The number of nitrogen functional groups attached to an aromatic ring is 1. The highest BCUT2D eigenvalue weighted by atomic mass is 32.2. The zero-order valence-corrected chi connectivity index (χ0v) is 28.4. The molecule has 4 aromatic carbocycles. The van der Waals surface area contributed by atoms with Gasteiger partial charge in [-0.1, -0.05) is 57.2 Å². The van der Waals surface area contributed by atoms with Gasteiger partial charge in [-0.2, -0.15) is 4.31 Å². The number of aromatic carboxylic acids is 1. The van der Waals surface area contributed by atoms with Gasteiger partial charge < -0.3 is 15.7 Å². The number of hydrogen-bond donors (Lipinski definition) is 2. The number of benzene rings is 4. The highest BCUT2D eigenvalue weighted by Crippen LogP contribution is 2.42. The van der Waals surface area contributed by atoms with Crippen LogP contribution < -0.4 is 10.6 Å². The van der Waals surface area contributed by atoms with E-state index in [1.54, 1.807) is 0 Å². The maximum Gasteiger partial charge on any atom is 0.337 e.